The Hall–Kier alpha value is -1.79. The highest BCUT2D eigenvalue weighted by molar-refractivity contribution is 5.79. The van der Waals surface area contributed by atoms with E-state index in [9.17, 15) is 4.79 Å². The number of ether oxygens (including phenoxy) is 3. The molecule has 1 atom stereocenters. The monoisotopic (exact) mass is 306 g/mol. The van der Waals surface area contributed by atoms with E-state index in [1.54, 1.807) is 7.11 Å². The topological polar surface area (TPSA) is 60.0 Å². The highest BCUT2D eigenvalue weighted by Crippen LogP contribution is 2.32. The Labute approximate surface area is 130 Å². The second-order valence-electron chi connectivity index (χ2n) is 5.63. The van der Waals surface area contributed by atoms with Gasteiger partial charge in [-0.05, 0) is 30.7 Å². The van der Waals surface area contributed by atoms with Gasteiger partial charge < -0.3 is 24.4 Å². The number of fused-ring (bicyclic) bond motifs is 1. The first-order valence-electron chi connectivity index (χ1n) is 7.65. The van der Waals surface area contributed by atoms with Crippen LogP contribution in [0.25, 0.3) is 0 Å². The molecule has 2 heterocycles. The molecule has 1 amide bonds. The number of methoxy groups -OCH3 is 1. The molecule has 1 aromatic carbocycles. The summed E-state index contributed by atoms with van der Waals surface area (Å²) in [6.07, 6.45) is 0.906. The third-order valence-corrected chi connectivity index (χ3v) is 4.10. The highest BCUT2D eigenvalue weighted by atomic mass is 16.7. The van der Waals surface area contributed by atoms with Crippen LogP contribution in [0.15, 0.2) is 18.2 Å². The summed E-state index contributed by atoms with van der Waals surface area (Å²) in [6, 6.07) is 5.82. The molecule has 3 rings (SSSR count). The van der Waals surface area contributed by atoms with Gasteiger partial charge in [0, 0.05) is 26.7 Å². The Kier molecular flexibility index (Phi) is 4.80. The molecule has 0 spiro atoms. The predicted molar refractivity (Wildman–Crippen MR) is 80.8 cm³/mol. The van der Waals surface area contributed by atoms with Crippen LogP contribution in [0.1, 0.15) is 12.0 Å². The Morgan fingerprint density at radius 2 is 2.27 bits per heavy atom. The van der Waals surface area contributed by atoms with E-state index in [0.717, 1.165) is 36.6 Å². The van der Waals surface area contributed by atoms with Crippen molar-refractivity contribution in [1.82, 2.24) is 10.2 Å². The van der Waals surface area contributed by atoms with Crippen LogP contribution in [-0.4, -0.2) is 51.0 Å². The highest BCUT2D eigenvalue weighted by Gasteiger charge is 2.27. The van der Waals surface area contributed by atoms with Gasteiger partial charge in [0.05, 0.1) is 12.5 Å². The van der Waals surface area contributed by atoms with Gasteiger partial charge in [0.25, 0.3) is 0 Å². The van der Waals surface area contributed by atoms with Crippen LogP contribution < -0.4 is 14.8 Å². The number of hydrogen-bond donors (Lipinski definition) is 1. The maximum atomic E-state index is 12.7. The second kappa shape index (κ2) is 6.98. The number of hydrogen-bond acceptors (Lipinski definition) is 5. The summed E-state index contributed by atoms with van der Waals surface area (Å²) in [5, 5.41) is 3.25. The number of carbonyl (C=O) groups is 1. The molecular weight excluding hydrogens is 284 g/mol. The Bertz CT molecular complexity index is 529. The summed E-state index contributed by atoms with van der Waals surface area (Å²) in [6.45, 7) is 3.65. The van der Waals surface area contributed by atoms with E-state index in [1.165, 1.54) is 0 Å². The lowest BCUT2D eigenvalue weighted by Gasteiger charge is -2.25. The van der Waals surface area contributed by atoms with Crippen molar-refractivity contribution in [3.05, 3.63) is 23.8 Å². The molecule has 1 aromatic rings. The third-order valence-electron chi connectivity index (χ3n) is 4.10. The summed E-state index contributed by atoms with van der Waals surface area (Å²) < 4.78 is 15.9. The normalized spacial score (nSPS) is 19.4. The van der Waals surface area contributed by atoms with Crippen LogP contribution in [0.4, 0.5) is 0 Å². The van der Waals surface area contributed by atoms with E-state index in [4.69, 9.17) is 14.2 Å². The van der Waals surface area contributed by atoms with E-state index in [0.29, 0.717) is 19.7 Å². The van der Waals surface area contributed by atoms with Crippen LogP contribution >= 0.6 is 0 Å². The molecule has 6 nitrogen and oxygen atoms in total. The van der Waals surface area contributed by atoms with Crippen LogP contribution in [0.3, 0.4) is 0 Å². The lowest BCUT2D eigenvalue weighted by atomic mass is 10.1. The van der Waals surface area contributed by atoms with Gasteiger partial charge in [0.15, 0.2) is 11.5 Å². The van der Waals surface area contributed by atoms with E-state index in [1.807, 2.05) is 23.1 Å². The van der Waals surface area contributed by atoms with E-state index >= 15 is 0 Å². The van der Waals surface area contributed by atoms with E-state index < -0.39 is 0 Å². The molecule has 1 N–H and O–H groups in total. The quantitative estimate of drug-likeness (QED) is 0.849. The van der Waals surface area contributed by atoms with Crippen molar-refractivity contribution in [2.24, 2.45) is 5.92 Å². The number of rotatable bonds is 6. The molecule has 0 bridgehead atoms. The van der Waals surface area contributed by atoms with Gasteiger partial charge in [-0.25, -0.2) is 0 Å². The maximum absolute atomic E-state index is 12.7. The summed E-state index contributed by atoms with van der Waals surface area (Å²) in [7, 11) is 1.65. The Morgan fingerprint density at radius 1 is 1.41 bits per heavy atom. The number of carbonyl (C=O) groups excluding carboxylic acids is 1. The lowest BCUT2D eigenvalue weighted by Crippen LogP contribution is -2.38. The van der Waals surface area contributed by atoms with Crippen LogP contribution in [0.5, 0.6) is 11.5 Å². The van der Waals surface area contributed by atoms with Gasteiger partial charge in [-0.1, -0.05) is 6.07 Å². The van der Waals surface area contributed by atoms with E-state index in [2.05, 4.69) is 5.32 Å². The van der Waals surface area contributed by atoms with Crippen molar-refractivity contribution in [3.8, 4) is 11.5 Å². The van der Waals surface area contributed by atoms with Gasteiger partial charge in [-0.15, -0.1) is 0 Å². The average molecular weight is 306 g/mol. The minimum Gasteiger partial charge on any atom is -0.454 e. The Balaban J connectivity index is 1.70. The van der Waals surface area contributed by atoms with Crippen molar-refractivity contribution in [3.63, 3.8) is 0 Å². The first-order valence-corrected chi connectivity index (χ1v) is 7.65. The molecule has 1 fully saturated rings. The second-order valence-corrected chi connectivity index (χ2v) is 5.63. The molecule has 6 heteroatoms. The third kappa shape index (κ3) is 3.34. The smallest absolute Gasteiger partial charge is 0.231 e. The van der Waals surface area contributed by atoms with Crippen molar-refractivity contribution >= 4 is 5.91 Å². The fourth-order valence-corrected chi connectivity index (χ4v) is 2.85. The molecule has 2 aliphatic heterocycles. The van der Waals surface area contributed by atoms with Crippen molar-refractivity contribution in [2.45, 2.75) is 13.0 Å². The van der Waals surface area contributed by atoms with E-state index in [-0.39, 0.29) is 18.6 Å². The molecule has 1 saturated heterocycles. The number of nitrogens with one attached hydrogen (secondary N) is 1. The summed E-state index contributed by atoms with van der Waals surface area (Å²) in [4.78, 5) is 14.5. The van der Waals surface area contributed by atoms with Crippen molar-refractivity contribution in [2.75, 3.05) is 40.1 Å². The lowest BCUT2D eigenvalue weighted by molar-refractivity contribution is -0.136. The van der Waals surface area contributed by atoms with Gasteiger partial charge >= 0.3 is 0 Å². The van der Waals surface area contributed by atoms with Crippen molar-refractivity contribution in [1.29, 1.82) is 0 Å². The van der Waals surface area contributed by atoms with Crippen LogP contribution in [0.2, 0.25) is 0 Å². The standard InChI is InChI=1S/C16H22N2O4/c1-20-7-6-18(16(19)13-4-5-17-9-13)10-12-2-3-14-15(8-12)22-11-21-14/h2-3,8,13,17H,4-7,9-11H2,1H3. The molecule has 22 heavy (non-hydrogen) atoms. The predicted octanol–water partition coefficient (Wildman–Crippen LogP) is 1.000. The zero-order valence-electron chi connectivity index (χ0n) is 12.8. The fourth-order valence-electron chi connectivity index (χ4n) is 2.85. The van der Waals surface area contributed by atoms with Crippen LogP contribution in [-0.2, 0) is 16.1 Å². The van der Waals surface area contributed by atoms with Gasteiger partial charge in [-0.2, -0.15) is 0 Å². The number of benzene rings is 1. The van der Waals surface area contributed by atoms with Crippen LogP contribution in [0, 0.1) is 5.92 Å². The van der Waals surface area contributed by atoms with Gasteiger partial charge in [-0.3, -0.25) is 4.79 Å². The molecule has 0 aromatic heterocycles. The minimum absolute atomic E-state index is 0.0749. The summed E-state index contributed by atoms with van der Waals surface area (Å²) >= 11 is 0. The summed E-state index contributed by atoms with van der Waals surface area (Å²) in [5.74, 6) is 1.78. The summed E-state index contributed by atoms with van der Waals surface area (Å²) in [5.41, 5.74) is 1.04. The SMILES string of the molecule is COCCN(Cc1ccc2c(c1)OCO2)C(=O)C1CCNC1. The first kappa shape index (κ1) is 15.1. The molecular formula is C16H22N2O4. The van der Waals surface area contributed by atoms with Crippen molar-refractivity contribution < 1.29 is 19.0 Å². The molecule has 0 aliphatic carbocycles. The zero-order valence-corrected chi connectivity index (χ0v) is 12.8. The Morgan fingerprint density at radius 3 is 3.05 bits per heavy atom. The van der Waals surface area contributed by atoms with Gasteiger partial charge in [0.1, 0.15) is 0 Å². The largest absolute Gasteiger partial charge is 0.454 e. The molecule has 120 valence electrons. The average Bonchev–Trinajstić information content (AvgIpc) is 3.21. The fraction of sp³-hybridized carbons (Fsp3) is 0.562. The first-order chi connectivity index (χ1) is 10.8. The molecule has 0 saturated carbocycles. The van der Waals surface area contributed by atoms with Gasteiger partial charge in [0.2, 0.25) is 12.7 Å². The molecule has 2 aliphatic rings. The zero-order chi connectivity index (χ0) is 15.4. The number of amides is 1. The molecule has 0 radical (unpaired) electrons. The number of nitrogens with zero attached hydrogens (tertiary/aromatic N) is 1. The molecule has 1 unspecified atom stereocenters. The maximum Gasteiger partial charge on any atom is 0.231 e. The minimum atomic E-state index is 0.0749.